The van der Waals surface area contributed by atoms with Crippen LogP contribution < -0.4 is 19.2 Å². The monoisotopic (exact) mass is 525 g/mol. The minimum Gasteiger partial charge on any atom is -0.497 e. The number of ether oxygens (including phenoxy) is 2. The zero-order chi connectivity index (χ0) is 26.2. The molecule has 4 saturated carbocycles. The maximum absolute atomic E-state index is 12.7. The molecule has 8 nitrogen and oxygen atoms in total. The van der Waals surface area contributed by atoms with Gasteiger partial charge in [0.25, 0.3) is 5.91 Å². The normalized spacial score (nSPS) is 26.3. The Morgan fingerprint density at radius 2 is 1.65 bits per heavy atom. The number of carbonyl (C=O) groups excluding carboxylic acids is 1. The Morgan fingerprint density at radius 1 is 1.03 bits per heavy atom. The van der Waals surface area contributed by atoms with E-state index in [2.05, 4.69) is 22.7 Å². The zero-order valence-electron chi connectivity index (χ0n) is 21.6. The molecular formula is C28H35N3O5S. The third-order valence-electron chi connectivity index (χ3n) is 8.32. The van der Waals surface area contributed by atoms with Gasteiger partial charge in [0.1, 0.15) is 18.0 Å². The van der Waals surface area contributed by atoms with E-state index in [0.717, 1.165) is 28.3 Å². The minimum atomic E-state index is -3.68. The third kappa shape index (κ3) is 5.32. The number of carbonyl (C=O) groups is 1. The average molecular weight is 526 g/mol. The molecule has 1 N–H and O–H groups in total. The predicted octanol–water partition coefficient (Wildman–Crippen LogP) is 4.09. The van der Waals surface area contributed by atoms with Gasteiger partial charge in [0.15, 0.2) is 0 Å². The van der Waals surface area contributed by atoms with E-state index < -0.39 is 15.9 Å². The van der Waals surface area contributed by atoms with Gasteiger partial charge in [0.05, 0.1) is 32.4 Å². The van der Waals surface area contributed by atoms with Gasteiger partial charge in [-0.2, -0.15) is 5.10 Å². The molecule has 1 amide bonds. The smallest absolute Gasteiger partial charge is 0.260 e. The maximum atomic E-state index is 12.7. The highest BCUT2D eigenvalue weighted by Gasteiger charge is 2.51. The lowest BCUT2D eigenvalue weighted by Crippen LogP contribution is -2.48. The fourth-order valence-corrected chi connectivity index (χ4v) is 7.98. The Balaban J connectivity index is 1.28. The Hall–Kier alpha value is -3.07. The van der Waals surface area contributed by atoms with Crippen molar-refractivity contribution in [3.05, 3.63) is 53.6 Å². The van der Waals surface area contributed by atoms with E-state index in [1.54, 1.807) is 25.3 Å². The first-order chi connectivity index (χ1) is 17.7. The number of benzene rings is 2. The van der Waals surface area contributed by atoms with Crippen molar-refractivity contribution in [3.8, 4) is 11.5 Å². The minimum absolute atomic E-state index is 0.233. The molecule has 0 radical (unpaired) electrons. The highest BCUT2D eigenvalue weighted by atomic mass is 32.2. The van der Waals surface area contributed by atoms with Crippen molar-refractivity contribution < 1.29 is 22.7 Å². The van der Waals surface area contributed by atoms with Gasteiger partial charge in [-0.3, -0.25) is 9.10 Å². The average Bonchev–Trinajstić information content (AvgIpc) is 2.86. The number of nitrogens with zero attached hydrogens (tertiary/aromatic N) is 2. The number of amides is 1. The van der Waals surface area contributed by atoms with Crippen molar-refractivity contribution in [3.63, 3.8) is 0 Å². The van der Waals surface area contributed by atoms with Crippen LogP contribution in [0, 0.1) is 17.8 Å². The van der Waals surface area contributed by atoms with Crippen molar-refractivity contribution in [1.82, 2.24) is 5.43 Å². The topological polar surface area (TPSA) is 97.3 Å². The van der Waals surface area contributed by atoms with E-state index in [-0.39, 0.29) is 12.0 Å². The fraction of sp³-hybridized carbons (Fsp3) is 0.500. The summed E-state index contributed by atoms with van der Waals surface area (Å²) in [6.45, 7) is -0.373. The van der Waals surface area contributed by atoms with Gasteiger partial charge < -0.3 is 9.47 Å². The van der Waals surface area contributed by atoms with E-state index >= 15 is 0 Å². The molecule has 4 fully saturated rings. The van der Waals surface area contributed by atoms with Crippen LogP contribution >= 0.6 is 0 Å². The number of nitrogens with one attached hydrogen (secondary N) is 1. The Bertz CT molecular complexity index is 1250. The summed E-state index contributed by atoms with van der Waals surface area (Å²) in [5.41, 5.74) is 5.05. The summed E-state index contributed by atoms with van der Waals surface area (Å²) < 4.78 is 36.8. The summed E-state index contributed by atoms with van der Waals surface area (Å²) in [6.07, 6.45) is 10.4. The number of hydrazone groups is 1. The van der Waals surface area contributed by atoms with E-state index in [9.17, 15) is 13.2 Å². The Morgan fingerprint density at radius 3 is 2.19 bits per heavy atom. The van der Waals surface area contributed by atoms with Gasteiger partial charge in [0, 0.05) is 5.56 Å². The van der Waals surface area contributed by atoms with Crippen molar-refractivity contribution >= 4 is 27.8 Å². The first kappa shape index (κ1) is 25.6. The van der Waals surface area contributed by atoms with Crippen LogP contribution in [0.3, 0.4) is 0 Å². The summed E-state index contributed by atoms with van der Waals surface area (Å²) in [5.74, 6) is 3.14. The summed E-state index contributed by atoms with van der Waals surface area (Å²) >= 11 is 0. The quantitative estimate of drug-likeness (QED) is 0.393. The molecule has 4 bridgehead atoms. The molecule has 4 aliphatic carbocycles. The molecule has 0 saturated heterocycles. The molecule has 9 heteroatoms. The van der Waals surface area contributed by atoms with Crippen LogP contribution in [-0.2, 0) is 20.2 Å². The molecule has 37 heavy (non-hydrogen) atoms. The molecule has 0 aliphatic heterocycles. The molecule has 4 aliphatic rings. The van der Waals surface area contributed by atoms with Gasteiger partial charge >= 0.3 is 0 Å². The second kappa shape index (κ2) is 10.0. The van der Waals surface area contributed by atoms with E-state index in [1.165, 1.54) is 57.4 Å². The highest BCUT2D eigenvalue weighted by Crippen LogP contribution is 2.60. The zero-order valence-corrected chi connectivity index (χ0v) is 22.5. The number of hydrogen-bond donors (Lipinski definition) is 1. The fourth-order valence-electron chi connectivity index (χ4n) is 7.13. The lowest BCUT2D eigenvalue weighted by molar-refractivity contribution is -0.119. The van der Waals surface area contributed by atoms with Gasteiger partial charge in [-0.1, -0.05) is 12.1 Å². The standard InChI is InChI=1S/C28H35N3O5S/c1-35-25-8-9-26(36-2)22(13-25)17-29-30-27(32)18-31(37(3,33)34)24-6-4-23(5-7-24)28-14-19-10-20(15-28)12-21(11-19)16-28/h4-9,13,17,19-21H,10-12,14-16,18H2,1-3H3,(H,30,32). The van der Waals surface area contributed by atoms with Crippen LogP contribution in [0.4, 0.5) is 5.69 Å². The van der Waals surface area contributed by atoms with Crippen LogP contribution in [-0.4, -0.2) is 47.6 Å². The Kier molecular flexibility index (Phi) is 6.91. The molecule has 6 rings (SSSR count). The van der Waals surface area contributed by atoms with Crippen molar-refractivity contribution in [2.24, 2.45) is 22.9 Å². The van der Waals surface area contributed by atoms with Gasteiger partial charge in [-0.25, -0.2) is 13.8 Å². The number of methoxy groups -OCH3 is 2. The van der Waals surface area contributed by atoms with Crippen LogP contribution in [0.25, 0.3) is 0 Å². The van der Waals surface area contributed by atoms with Crippen molar-refractivity contribution in [2.75, 3.05) is 31.3 Å². The molecular weight excluding hydrogens is 490 g/mol. The van der Waals surface area contributed by atoms with Crippen LogP contribution in [0.15, 0.2) is 47.6 Å². The maximum Gasteiger partial charge on any atom is 0.260 e. The lowest BCUT2D eigenvalue weighted by atomic mass is 9.48. The molecule has 2 aromatic carbocycles. The summed E-state index contributed by atoms with van der Waals surface area (Å²) in [6, 6.07) is 13.0. The summed E-state index contributed by atoms with van der Waals surface area (Å²) in [7, 11) is -0.590. The number of sulfonamides is 1. The summed E-state index contributed by atoms with van der Waals surface area (Å²) in [4.78, 5) is 12.7. The first-order valence-electron chi connectivity index (χ1n) is 12.8. The number of rotatable bonds is 9. The molecule has 0 heterocycles. The summed E-state index contributed by atoms with van der Waals surface area (Å²) in [5, 5.41) is 3.99. The van der Waals surface area contributed by atoms with E-state index in [0.29, 0.717) is 22.7 Å². The highest BCUT2D eigenvalue weighted by molar-refractivity contribution is 7.92. The van der Waals surface area contributed by atoms with Crippen LogP contribution in [0.2, 0.25) is 0 Å². The number of hydrogen-bond acceptors (Lipinski definition) is 6. The second-order valence-corrected chi connectivity index (χ2v) is 12.8. The Labute approximate surface area is 219 Å². The molecule has 0 unspecified atom stereocenters. The van der Waals surface area contributed by atoms with Gasteiger partial charge in [0.2, 0.25) is 10.0 Å². The molecule has 2 aromatic rings. The molecule has 0 aromatic heterocycles. The third-order valence-corrected chi connectivity index (χ3v) is 9.46. The van der Waals surface area contributed by atoms with Gasteiger partial charge in [-0.15, -0.1) is 0 Å². The number of anilines is 1. The molecule has 198 valence electrons. The van der Waals surface area contributed by atoms with Gasteiger partial charge in [-0.05, 0) is 97.6 Å². The SMILES string of the molecule is COc1ccc(OC)c(C=NNC(=O)CN(c2ccc(C34CC5CC(CC(C5)C3)C4)cc2)S(C)(=O)=O)c1. The first-order valence-corrected chi connectivity index (χ1v) is 14.7. The van der Waals surface area contributed by atoms with Crippen molar-refractivity contribution in [1.29, 1.82) is 0 Å². The predicted molar refractivity (Wildman–Crippen MR) is 144 cm³/mol. The lowest BCUT2D eigenvalue weighted by Gasteiger charge is -2.57. The molecule has 0 atom stereocenters. The second-order valence-electron chi connectivity index (χ2n) is 10.9. The van der Waals surface area contributed by atoms with Crippen LogP contribution in [0.5, 0.6) is 11.5 Å². The van der Waals surface area contributed by atoms with E-state index in [1.807, 2.05) is 12.1 Å². The van der Waals surface area contributed by atoms with Crippen molar-refractivity contribution in [2.45, 2.75) is 43.9 Å². The largest absolute Gasteiger partial charge is 0.497 e. The molecule has 0 spiro atoms. The van der Waals surface area contributed by atoms with Crippen LogP contribution in [0.1, 0.15) is 49.7 Å². The van der Waals surface area contributed by atoms with E-state index in [4.69, 9.17) is 9.47 Å².